The van der Waals surface area contributed by atoms with Gasteiger partial charge in [0.15, 0.2) is 6.61 Å². The Morgan fingerprint density at radius 3 is 2.44 bits per heavy atom. The van der Waals surface area contributed by atoms with Gasteiger partial charge in [0.25, 0.3) is 5.91 Å². The maximum Gasteiger partial charge on any atom is 0.341 e. The first-order valence-corrected chi connectivity index (χ1v) is 8.31. The number of ether oxygens (including phenoxy) is 1. The Morgan fingerprint density at radius 1 is 1.16 bits per heavy atom. The second kappa shape index (κ2) is 8.62. The first-order valence-electron chi connectivity index (χ1n) is 7.52. The SMILES string of the molecule is CN(C)c1ccc(CNC(=O)COC(=O)c2ccc(Br)cc2F)cc1. The minimum Gasteiger partial charge on any atom is -0.452 e. The molecule has 2 aromatic carbocycles. The predicted octanol–water partition coefficient (Wildman–Crippen LogP) is 3.13. The number of benzene rings is 2. The van der Waals surface area contributed by atoms with Crippen LogP contribution in [0.1, 0.15) is 15.9 Å². The van der Waals surface area contributed by atoms with Crippen LogP contribution in [0.5, 0.6) is 0 Å². The fraction of sp³-hybridized carbons (Fsp3) is 0.222. The zero-order valence-electron chi connectivity index (χ0n) is 13.9. The lowest BCUT2D eigenvalue weighted by molar-refractivity contribution is -0.124. The highest BCUT2D eigenvalue weighted by Crippen LogP contribution is 2.16. The molecule has 1 amide bonds. The van der Waals surface area contributed by atoms with Crippen molar-refractivity contribution in [3.63, 3.8) is 0 Å². The molecule has 0 aromatic heterocycles. The number of rotatable bonds is 6. The van der Waals surface area contributed by atoms with Crippen LogP contribution >= 0.6 is 15.9 Å². The van der Waals surface area contributed by atoms with Crippen LogP contribution < -0.4 is 10.2 Å². The zero-order valence-corrected chi connectivity index (χ0v) is 15.5. The van der Waals surface area contributed by atoms with Crippen LogP contribution in [0, 0.1) is 5.82 Å². The summed E-state index contributed by atoms with van der Waals surface area (Å²) < 4.78 is 19.0. The molecular weight excluding hydrogens is 391 g/mol. The van der Waals surface area contributed by atoms with Crippen LogP contribution in [0.4, 0.5) is 10.1 Å². The lowest BCUT2D eigenvalue weighted by Crippen LogP contribution is -2.28. The van der Waals surface area contributed by atoms with Gasteiger partial charge in [0.2, 0.25) is 0 Å². The lowest BCUT2D eigenvalue weighted by atomic mass is 10.2. The van der Waals surface area contributed by atoms with Gasteiger partial charge >= 0.3 is 5.97 Å². The lowest BCUT2D eigenvalue weighted by Gasteiger charge is -2.13. The van der Waals surface area contributed by atoms with Crippen LogP contribution in [0.15, 0.2) is 46.9 Å². The Bertz CT molecular complexity index is 763. The van der Waals surface area contributed by atoms with Crippen molar-refractivity contribution in [1.82, 2.24) is 5.32 Å². The molecule has 0 bridgehead atoms. The monoisotopic (exact) mass is 408 g/mol. The van der Waals surface area contributed by atoms with Crippen molar-refractivity contribution in [2.24, 2.45) is 0 Å². The Kier molecular flexibility index (Phi) is 6.52. The van der Waals surface area contributed by atoms with Crippen molar-refractivity contribution in [3.8, 4) is 0 Å². The summed E-state index contributed by atoms with van der Waals surface area (Å²) in [7, 11) is 3.89. The highest BCUT2D eigenvalue weighted by atomic mass is 79.9. The molecule has 0 aliphatic heterocycles. The molecule has 0 fully saturated rings. The summed E-state index contributed by atoms with van der Waals surface area (Å²) in [5.74, 6) is -2.04. The van der Waals surface area contributed by atoms with Crippen LogP contribution in [-0.2, 0) is 16.1 Å². The summed E-state index contributed by atoms with van der Waals surface area (Å²) in [6.07, 6.45) is 0. The van der Waals surface area contributed by atoms with Crippen molar-refractivity contribution in [3.05, 3.63) is 63.9 Å². The first kappa shape index (κ1) is 18.9. The minimum atomic E-state index is -0.879. The number of esters is 1. The van der Waals surface area contributed by atoms with Gasteiger partial charge in [-0.15, -0.1) is 0 Å². The van der Waals surface area contributed by atoms with Gasteiger partial charge in [-0.3, -0.25) is 4.79 Å². The molecule has 0 aliphatic rings. The van der Waals surface area contributed by atoms with E-state index in [-0.39, 0.29) is 5.56 Å². The number of amides is 1. The Morgan fingerprint density at radius 2 is 1.84 bits per heavy atom. The van der Waals surface area contributed by atoms with E-state index < -0.39 is 24.3 Å². The molecule has 132 valence electrons. The van der Waals surface area contributed by atoms with Crippen LogP contribution in [-0.4, -0.2) is 32.6 Å². The minimum absolute atomic E-state index is 0.213. The zero-order chi connectivity index (χ0) is 18.4. The van der Waals surface area contributed by atoms with E-state index in [4.69, 9.17) is 4.74 Å². The maximum absolute atomic E-state index is 13.6. The molecule has 0 unspecified atom stereocenters. The second-order valence-corrected chi connectivity index (χ2v) is 6.45. The molecule has 2 aromatic rings. The number of halogens is 2. The quantitative estimate of drug-likeness (QED) is 0.745. The fourth-order valence-corrected chi connectivity index (χ4v) is 2.36. The molecule has 0 spiro atoms. The van der Waals surface area contributed by atoms with Crippen molar-refractivity contribution < 1.29 is 18.7 Å². The molecule has 0 saturated heterocycles. The van der Waals surface area contributed by atoms with Gasteiger partial charge in [-0.05, 0) is 35.9 Å². The Hall–Kier alpha value is -2.41. The third-order valence-electron chi connectivity index (χ3n) is 3.43. The van der Waals surface area contributed by atoms with Crippen LogP contribution in [0.25, 0.3) is 0 Å². The van der Waals surface area contributed by atoms with Gasteiger partial charge in [-0.1, -0.05) is 28.1 Å². The summed E-state index contributed by atoms with van der Waals surface area (Å²) >= 11 is 3.10. The number of nitrogens with zero attached hydrogens (tertiary/aromatic N) is 1. The van der Waals surface area contributed by atoms with E-state index in [9.17, 15) is 14.0 Å². The topological polar surface area (TPSA) is 58.6 Å². The molecule has 1 N–H and O–H groups in total. The number of hydrogen-bond acceptors (Lipinski definition) is 4. The Labute approximate surface area is 153 Å². The smallest absolute Gasteiger partial charge is 0.341 e. The summed E-state index contributed by atoms with van der Waals surface area (Å²) in [4.78, 5) is 25.5. The van der Waals surface area contributed by atoms with Crippen LogP contribution in [0.2, 0.25) is 0 Å². The van der Waals surface area contributed by atoms with E-state index in [0.29, 0.717) is 11.0 Å². The van der Waals surface area contributed by atoms with E-state index in [0.717, 1.165) is 17.3 Å². The van der Waals surface area contributed by atoms with Gasteiger partial charge in [-0.2, -0.15) is 0 Å². The van der Waals surface area contributed by atoms with Gasteiger partial charge in [0.05, 0.1) is 5.56 Å². The van der Waals surface area contributed by atoms with Crippen molar-refractivity contribution in [1.29, 1.82) is 0 Å². The average molecular weight is 409 g/mol. The largest absolute Gasteiger partial charge is 0.452 e. The van der Waals surface area contributed by atoms with Gasteiger partial charge < -0.3 is 15.0 Å². The number of carbonyl (C=O) groups is 2. The third kappa shape index (κ3) is 5.56. The number of nitrogens with one attached hydrogen (secondary N) is 1. The Balaban J connectivity index is 1.81. The van der Waals surface area contributed by atoms with Gasteiger partial charge in [0, 0.05) is 30.8 Å². The van der Waals surface area contributed by atoms with Crippen molar-refractivity contribution >= 4 is 33.5 Å². The van der Waals surface area contributed by atoms with E-state index in [2.05, 4.69) is 21.2 Å². The number of carbonyl (C=O) groups excluding carboxylic acids is 2. The normalized spacial score (nSPS) is 10.2. The fourth-order valence-electron chi connectivity index (χ4n) is 2.03. The summed E-state index contributed by atoms with van der Waals surface area (Å²) in [6.45, 7) is -0.152. The maximum atomic E-state index is 13.6. The van der Waals surface area contributed by atoms with Crippen LogP contribution in [0.3, 0.4) is 0 Å². The van der Waals surface area contributed by atoms with E-state index in [1.807, 2.05) is 43.3 Å². The highest BCUT2D eigenvalue weighted by Gasteiger charge is 2.15. The molecule has 0 atom stereocenters. The molecule has 0 heterocycles. The van der Waals surface area contributed by atoms with Gasteiger partial charge in [-0.25, -0.2) is 9.18 Å². The average Bonchev–Trinajstić information content (AvgIpc) is 2.58. The molecule has 7 heteroatoms. The van der Waals surface area contributed by atoms with E-state index in [1.54, 1.807) is 0 Å². The molecule has 0 saturated carbocycles. The number of hydrogen-bond donors (Lipinski definition) is 1. The second-order valence-electron chi connectivity index (χ2n) is 5.54. The van der Waals surface area contributed by atoms with Crippen molar-refractivity contribution in [2.75, 3.05) is 25.6 Å². The molecule has 0 radical (unpaired) electrons. The third-order valence-corrected chi connectivity index (χ3v) is 3.92. The molecule has 2 rings (SSSR count). The number of anilines is 1. The first-order chi connectivity index (χ1) is 11.9. The van der Waals surface area contributed by atoms with Gasteiger partial charge in [0.1, 0.15) is 5.82 Å². The molecule has 0 aliphatic carbocycles. The summed E-state index contributed by atoms with van der Waals surface area (Å²) in [5.41, 5.74) is 1.76. The van der Waals surface area contributed by atoms with Crippen molar-refractivity contribution in [2.45, 2.75) is 6.54 Å². The summed E-state index contributed by atoms with van der Waals surface area (Å²) in [5, 5.41) is 2.65. The summed E-state index contributed by atoms with van der Waals surface area (Å²) in [6, 6.07) is 11.7. The predicted molar refractivity (Wildman–Crippen MR) is 97.0 cm³/mol. The highest BCUT2D eigenvalue weighted by molar-refractivity contribution is 9.10. The standard InChI is InChI=1S/C18H18BrFN2O3/c1-22(2)14-6-3-12(4-7-14)10-21-17(23)11-25-18(24)15-8-5-13(19)9-16(15)20/h3-9H,10-11H2,1-2H3,(H,21,23). The van der Waals surface area contributed by atoms with E-state index in [1.165, 1.54) is 12.1 Å². The molecular formula is C18H18BrFN2O3. The molecule has 5 nitrogen and oxygen atoms in total. The molecule has 25 heavy (non-hydrogen) atoms. The van der Waals surface area contributed by atoms with E-state index >= 15 is 0 Å².